The van der Waals surface area contributed by atoms with Crippen LogP contribution in [-0.2, 0) is 11.8 Å². The van der Waals surface area contributed by atoms with E-state index in [9.17, 15) is 4.79 Å². The van der Waals surface area contributed by atoms with Gasteiger partial charge in [0.15, 0.2) is 0 Å². The molecule has 1 fully saturated rings. The van der Waals surface area contributed by atoms with Crippen molar-refractivity contribution in [2.24, 2.45) is 7.05 Å². The molecular weight excluding hydrogens is 260 g/mol. The summed E-state index contributed by atoms with van der Waals surface area (Å²) in [7, 11) is 2.05. The van der Waals surface area contributed by atoms with Gasteiger partial charge in [-0.2, -0.15) is 0 Å². The third kappa shape index (κ3) is 1.93. The van der Waals surface area contributed by atoms with Crippen LogP contribution in [0.1, 0.15) is 16.6 Å². The Balaban J connectivity index is 2.06. The average Bonchev–Trinajstić information content (AvgIpc) is 2.96. The zero-order chi connectivity index (χ0) is 13.6. The van der Waals surface area contributed by atoms with Crippen molar-refractivity contribution < 1.29 is 9.90 Å². The molecule has 2 heterocycles. The first-order valence-electron chi connectivity index (χ1n) is 6.24. The Morgan fingerprint density at radius 1 is 1.47 bits per heavy atom. The number of nitrogens with zero attached hydrogens (tertiary/aromatic N) is 1. The third-order valence-corrected chi connectivity index (χ3v) is 5.02. The van der Waals surface area contributed by atoms with Gasteiger partial charge in [-0.3, -0.25) is 10.1 Å². The maximum Gasteiger partial charge on any atom is 0.321 e. The van der Waals surface area contributed by atoms with Gasteiger partial charge in [0.2, 0.25) is 0 Å². The van der Waals surface area contributed by atoms with Crippen molar-refractivity contribution in [2.45, 2.75) is 18.3 Å². The number of aryl methyl sites for hydroxylation is 1. The van der Waals surface area contributed by atoms with Crippen LogP contribution < -0.4 is 5.32 Å². The van der Waals surface area contributed by atoms with Crippen LogP contribution in [0.2, 0.25) is 0 Å². The number of fused-ring (bicyclic) bond motifs is 1. The number of aliphatic carboxylic acids is 1. The van der Waals surface area contributed by atoms with Crippen LogP contribution in [0, 0.1) is 6.92 Å². The van der Waals surface area contributed by atoms with Crippen molar-refractivity contribution in [1.82, 2.24) is 9.88 Å². The molecule has 4 nitrogen and oxygen atoms in total. The lowest BCUT2D eigenvalue weighted by atomic mass is 10.1. The lowest BCUT2D eigenvalue weighted by molar-refractivity contribution is -0.138. The summed E-state index contributed by atoms with van der Waals surface area (Å²) >= 11 is 1.67. The van der Waals surface area contributed by atoms with Gasteiger partial charge in [-0.25, -0.2) is 0 Å². The van der Waals surface area contributed by atoms with Gasteiger partial charge in [-0.1, -0.05) is 18.2 Å². The number of aromatic nitrogens is 1. The van der Waals surface area contributed by atoms with E-state index in [1.165, 1.54) is 22.2 Å². The zero-order valence-corrected chi connectivity index (χ0v) is 11.7. The summed E-state index contributed by atoms with van der Waals surface area (Å²) in [5.74, 6) is -0.157. The largest absolute Gasteiger partial charge is 0.480 e. The SMILES string of the molecule is Cc1c([C@H]2N[C@@H](C(=O)O)CS2)c2ccccc2n1C. The first-order valence-corrected chi connectivity index (χ1v) is 7.29. The van der Waals surface area contributed by atoms with Crippen LogP contribution in [0.25, 0.3) is 10.9 Å². The van der Waals surface area contributed by atoms with Crippen LogP contribution in [0.5, 0.6) is 0 Å². The number of carboxylic acids is 1. The van der Waals surface area contributed by atoms with E-state index < -0.39 is 12.0 Å². The van der Waals surface area contributed by atoms with E-state index in [4.69, 9.17) is 5.11 Å². The lowest BCUT2D eigenvalue weighted by Crippen LogP contribution is -2.33. The van der Waals surface area contributed by atoms with E-state index in [0.717, 1.165) is 0 Å². The molecular formula is C14H16N2O2S. The van der Waals surface area contributed by atoms with E-state index >= 15 is 0 Å². The maximum absolute atomic E-state index is 11.1. The molecule has 0 saturated carbocycles. The van der Waals surface area contributed by atoms with Crippen molar-refractivity contribution in [2.75, 3.05) is 5.75 Å². The molecule has 3 rings (SSSR count). The highest BCUT2D eigenvalue weighted by Gasteiger charge is 2.32. The van der Waals surface area contributed by atoms with E-state index in [1.807, 2.05) is 12.1 Å². The van der Waals surface area contributed by atoms with E-state index in [2.05, 4.69) is 36.0 Å². The summed E-state index contributed by atoms with van der Waals surface area (Å²) in [4.78, 5) is 11.1. The van der Waals surface area contributed by atoms with Crippen molar-refractivity contribution in [1.29, 1.82) is 0 Å². The predicted octanol–water partition coefficient (Wildman–Crippen LogP) is 2.27. The minimum atomic E-state index is -0.770. The van der Waals surface area contributed by atoms with Crippen molar-refractivity contribution >= 4 is 28.6 Å². The van der Waals surface area contributed by atoms with Crippen molar-refractivity contribution in [3.8, 4) is 0 Å². The Labute approximate surface area is 115 Å². The van der Waals surface area contributed by atoms with E-state index in [-0.39, 0.29) is 5.37 Å². The molecule has 1 aliphatic heterocycles. The Hall–Kier alpha value is -1.46. The fourth-order valence-corrected chi connectivity index (χ4v) is 4.01. The van der Waals surface area contributed by atoms with Gasteiger partial charge < -0.3 is 9.67 Å². The van der Waals surface area contributed by atoms with Crippen LogP contribution in [0.3, 0.4) is 0 Å². The molecule has 19 heavy (non-hydrogen) atoms. The number of carboxylic acid groups (broad SMARTS) is 1. The van der Waals surface area contributed by atoms with Gasteiger partial charge in [0.25, 0.3) is 0 Å². The molecule has 0 aliphatic carbocycles. The number of thioether (sulfide) groups is 1. The molecule has 2 atom stereocenters. The highest BCUT2D eigenvalue weighted by molar-refractivity contribution is 7.99. The summed E-state index contributed by atoms with van der Waals surface area (Å²) < 4.78 is 2.17. The molecule has 1 aromatic carbocycles. The van der Waals surface area contributed by atoms with Crippen LogP contribution in [0.4, 0.5) is 0 Å². The molecule has 0 amide bonds. The smallest absolute Gasteiger partial charge is 0.321 e. The number of rotatable bonds is 2. The van der Waals surface area contributed by atoms with Gasteiger partial charge >= 0.3 is 5.97 Å². The molecule has 0 unspecified atom stereocenters. The normalized spacial score (nSPS) is 23.1. The number of para-hydroxylation sites is 1. The van der Waals surface area contributed by atoms with Gasteiger partial charge in [0.05, 0.1) is 5.37 Å². The maximum atomic E-state index is 11.1. The highest BCUT2D eigenvalue weighted by Crippen LogP contribution is 2.39. The number of benzene rings is 1. The monoisotopic (exact) mass is 276 g/mol. The molecule has 2 aromatic rings. The summed E-state index contributed by atoms with van der Waals surface area (Å²) in [6, 6.07) is 7.81. The van der Waals surface area contributed by atoms with Crippen LogP contribution in [0.15, 0.2) is 24.3 Å². The highest BCUT2D eigenvalue weighted by atomic mass is 32.2. The summed E-state index contributed by atoms with van der Waals surface area (Å²) in [6.45, 7) is 2.09. The lowest BCUT2D eigenvalue weighted by Gasteiger charge is -2.12. The molecule has 1 aliphatic rings. The fourth-order valence-electron chi connectivity index (χ4n) is 2.66. The number of hydrogen-bond acceptors (Lipinski definition) is 3. The Morgan fingerprint density at radius 2 is 2.21 bits per heavy atom. The Kier molecular flexibility index (Phi) is 3.03. The van der Waals surface area contributed by atoms with E-state index in [0.29, 0.717) is 5.75 Å². The van der Waals surface area contributed by atoms with E-state index in [1.54, 1.807) is 11.8 Å². The molecule has 0 spiro atoms. The first-order chi connectivity index (χ1) is 9.09. The summed E-state index contributed by atoms with van der Waals surface area (Å²) in [6.07, 6.45) is 0. The minimum Gasteiger partial charge on any atom is -0.480 e. The van der Waals surface area contributed by atoms with Crippen molar-refractivity contribution in [3.05, 3.63) is 35.5 Å². The molecule has 0 bridgehead atoms. The van der Waals surface area contributed by atoms with Crippen LogP contribution in [-0.4, -0.2) is 27.4 Å². The number of nitrogens with one attached hydrogen (secondary N) is 1. The molecule has 1 saturated heterocycles. The second-order valence-electron chi connectivity index (χ2n) is 4.85. The fraction of sp³-hybridized carbons (Fsp3) is 0.357. The first kappa shape index (κ1) is 12.6. The topological polar surface area (TPSA) is 54.3 Å². The van der Waals surface area contributed by atoms with Gasteiger partial charge in [-0.05, 0) is 13.0 Å². The molecule has 0 radical (unpaired) electrons. The third-order valence-electron chi connectivity index (χ3n) is 3.79. The number of hydrogen-bond donors (Lipinski definition) is 2. The second kappa shape index (κ2) is 4.58. The molecule has 1 aromatic heterocycles. The second-order valence-corrected chi connectivity index (χ2v) is 5.98. The molecule has 100 valence electrons. The van der Waals surface area contributed by atoms with Gasteiger partial charge in [0.1, 0.15) is 6.04 Å². The molecule has 5 heteroatoms. The van der Waals surface area contributed by atoms with Crippen LogP contribution >= 0.6 is 11.8 Å². The quantitative estimate of drug-likeness (QED) is 0.883. The number of carbonyl (C=O) groups is 1. The van der Waals surface area contributed by atoms with Gasteiger partial charge in [0, 0.05) is 35.0 Å². The summed E-state index contributed by atoms with van der Waals surface area (Å²) in [5.41, 5.74) is 3.60. The predicted molar refractivity (Wildman–Crippen MR) is 77.4 cm³/mol. The van der Waals surface area contributed by atoms with Crippen molar-refractivity contribution in [3.63, 3.8) is 0 Å². The Bertz CT molecular complexity index is 650. The Morgan fingerprint density at radius 3 is 2.89 bits per heavy atom. The zero-order valence-electron chi connectivity index (χ0n) is 10.9. The average molecular weight is 276 g/mol. The standard InChI is InChI=1S/C14H16N2O2S/c1-8-12(13-15-10(7-19-13)14(17)18)9-5-3-4-6-11(9)16(8)2/h3-6,10,13,15H,7H2,1-2H3,(H,17,18)/t10-,13+/m1/s1. The van der Waals surface area contributed by atoms with Gasteiger partial charge in [-0.15, -0.1) is 11.8 Å². The minimum absolute atomic E-state index is 0.0622. The molecule has 2 N–H and O–H groups in total. The summed E-state index contributed by atoms with van der Waals surface area (Å²) in [5, 5.41) is 13.6.